The van der Waals surface area contributed by atoms with Crippen LogP contribution in [0.3, 0.4) is 0 Å². The summed E-state index contributed by atoms with van der Waals surface area (Å²) in [5.74, 6) is 0. The van der Waals surface area contributed by atoms with Gasteiger partial charge < -0.3 is 4.57 Å². The molecule has 22 heavy (non-hydrogen) atoms. The summed E-state index contributed by atoms with van der Waals surface area (Å²) in [6, 6.07) is 8.32. The van der Waals surface area contributed by atoms with E-state index in [4.69, 9.17) is 0 Å². The number of imidazole rings is 1. The summed E-state index contributed by atoms with van der Waals surface area (Å²) in [5.41, 5.74) is 2.66. The minimum Gasteiger partial charge on any atom is -0.324 e. The average molecular weight is 298 g/mol. The largest absolute Gasteiger partial charge is 0.332 e. The Labute approximate surface area is 127 Å². The molecule has 0 bridgehead atoms. The second kappa shape index (κ2) is 5.29. The van der Waals surface area contributed by atoms with Crippen LogP contribution in [0.5, 0.6) is 0 Å². The predicted octanol–water partition coefficient (Wildman–Crippen LogP) is 0.985. The van der Waals surface area contributed by atoms with Crippen molar-refractivity contribution >= 4 is 11.2 Å². The molecule has 0 atom stereocenters. The first-order valence-corrected chi connectivity index (χ1v) is 7.15. The second-order valence-corrected chi connectivity index (χ2v) is 5.55. The van der Waals surface area contributed by atoms with Gasteiger partial charge in [-0.05, 0) is 18.9 Å². The van der Waals surface area contributed by atoms with Crippen molar-refractivity contribution in [3.8, 4) is 0 Å². The first-order valence-electron chi connectivity index (χ1n) is 7.15. The third-order valence-electron chi connectivity index (χ3n) is 3.98. The van der Waals surface area contributed by atoms with Crippen LogP contribution in [0.2, 0.25) is 0 Å². The molecule has 0 fully saturated rings. The maximum absolute atomic E-state index is 12.3. The van der Waals surface area contributed by atoms with E-state index in [0.717, 1.165) is 11.0 Å². The first kappa shape index (κ1) is 14.3. The molecule has 0 spiro atoms. The number of aryl methyl sites for hydroxylation is 4. The highest BCUT2D eigenvalue weighted by atomic mass is 16.2. The molecule has 0 saturated heterocycles. The molecule has 6 heteroatoms. The van der Waals surface area contributed by atoms with Crippen LogP contribution in [-0.2, 0) is 27.1 Å². The summed E-state index contributed by atoms with van der Waals surface area (Å²) < 4.78 is 4.34. The molecular weight excluding hydrogens is 280 g/mol. The van der Waals surface area contributed by atoms with E-state index in [1.807, 2.05) is 4.57 Å². The van der Waals surface area contributed by atoms with Gasteiger partial charge in [-0.2, -0.15) is 0 Å². The summed E-state index contributed by atoms with van der Waals surface area (Å²) in [5, 5.41) is 0. The van der Waals surface area contributed by atoms with Gasteiger partial charge in [0.15, 0.2) is 11.2 Å². The molecule has 0 aliphatic heterocycles. The molecule has 2 aromatic heterocycles. The van der Waals surface area contributed by atoms with Gasteiger partial charge >= 0.3 is 5.69 Å². The van der Waals surface area contributed by atoms with Crippen LogP contribution in [-0.4, -0.2) is 18.7 Å². The lowest BCUT2D eigenvalue weighted by Gasteiger charge is -2.07. The topological polar surface area (TPSA) is 61.8 Å². The standard InChI is InChI=1S/C16H18N4O2/c1-11-4-6-12(7-5-11)8-9-20-10-17-14-13(20)15(21)19(3)16(22)18(14)2/h4-7,10H,8-9H2,1-3H3. The van der Waals surface area contributed by atoms with Crippen LogP contribution in [0.1, 0.15) is 11.1 Å². The Bertz CT molecular complexity index is 945. The van der Waals surface area contributed by atoms with Crippen molar-refractivity contribution < 1.29 is 0 Å². The van der Waals surface area contributed by atoms with Crippen molar-refractivity contribution in [3.05, 3.63) is 62.6 Å². The molecule has 3 aromatic rings. The minimum absolute atomic E-state index is 0.306. The number of hydrogen-bond donors (Lipinski definition) is 0. The Morgan fingerprint density at radius 3 is 2.41 bits per heavy atom. The minimum atomic E-state index is -0.360. The summed E-state index contributed by atoms with van der Waals surface area (Å²) in [6.07, 6.45) is 2.43. The van der Waals surface area contributed by atoms with Gasteiger partial charge in [0, 0.05) is 20.6 Å². The second-order valence-electron chi connectivity index (χ2n) is 5.55. The van der Waals surface area contributed by atoms with Gasteiger partial charge in [0.05, 0.1) is 6.33 Å². The van der Waals surface area contributed by atoms with E-state index in [1.54, 1.807) is 13.4 Å². The molecule has 1 aromatic carbocycles. The molecule has 0 radical (unpaired) electrons. The van der Waals surface area contributed by atoms with Crippen molar-refractivity contribution in [2.45, 2.75) is 19.9 Å². The van der Waals surface area contributed by atoms with Crippen molar-refractivity contribution in [3.63, 3.8) is 0 Å². The lowest BCUT2D eigenvalue weighted by Crippen LogP contribution is -2.37. The Kier molecular flexibility index (Phi) is 3.44. The number of rotatable bonds is 3. The fraction of sp³-hybridized carbons (Fsp3) is 0.312. The molecular formula is C16H18N4O2. The molecule has 3 rings (SSSR count). The van der Waals surface area contributed by atoms with Gasteiger partial charge in [0.2, 0.25) is 0 Å². The Morgan fingerprint density at radius 2 is 1.73 bits per heavy atom. The quantitative estimate of drug-likeness (QED) is 0.724. The molecule has 114 valence electrons. The highest BCUT2D eigenvalue weighted by Crippen LogP contribution is 2.09. The normalized spacial score (nSPS) is 11.2. The highest BCUT2D eigenvalue weighted by Gasteiger charge is 2.13. The van der Waals surface area contributed by atoms with Crippen molar-refractivity contribution in [2.75, 3.05) is 0 Å². The molecule has 6 nitrogen and oxygen atoms in total. The zero-order valence-electron chi connectivity index (χ0n) is 12.9. The number of nitrogens with zero attached hydrogens (tertiary/aromatic N) is 4. The fourth-order valence-electron chi connectivity index (χ4n) is 2.57. The lowest BCUT2D eigenvalue weighted by molar-refractivity contribution is 0.685. The van der Waals surface area contributed by atoms with E-state index in [0.29, 0.717) is 17.7 Å². The number of benzene rings is 1. The molecule has 0 saturated carbocycles. The molecule has 0 amide bonds. The van der Waals surface area contributed by atoms with Crippen molar-refractivity contribution in [2.24, 2.45) is 14.1 Å². The van der Waals surface area contributed by atoms with Gasteiger partial charge in [0.1, 0.15) is 0 Å². The third kappa shape index (κ3) is 2.26. The summed E-state index contributed by atoms with van der Waals surface area (Å²) in [7, 11) is 3.11. The maximum atomic E-state index is 12.3. The Morgan fingerprint density at radius 1 is 1.05 bits per heavy atom. The molecule has 0 unspecified atom stereocenters. The van der Waals surface area contributed by atoms with E-state index in [1.165, 1.54) is 22.7 Å². The fourth-order valence-corrected chi connectivity index (χ4v) is 2.57. The van der Waals surface area contributed by atoms with Crippen LogP contribution < -0.4 is 11.2 Å². The third-order valence-corrected chi connectivity index (χ3v) is 3.98. The van der Waals surface area contributed by atoms with E-state index in [9.17, 15) is 9.59 Å². The van der Waals surface area contributed by atoms with Gasteiger partial charge in [-0.3, -0.25) is 13.9 Å². The predicted molar refractivity (Wildman–Crippen MR) is 85.1 cm³/mol. The summed E-state index contributed by atoms with van der Waals surface area (Å²) in [4.78, 5) is 28.4. The van der Waals surface area contributed by atoms with Gasteiger partial charge in [0.25, 0.3) is 5.56 Å². The molecule has 0 N–H and O–H groups in total. The van der Waals surface area contributed by atoms with Crippen LogP contribution in [0.25, 0.3) is 11.2 Å². The average Bonchev–Trinajstić information content (AvgIpc) is 2.94. The van der Waals surface area contributed by atoms with E-state index >= 15 is 0 Å². The summed E-state index contributed by atoms with van der Waals surface area (Å²) >= 11 is 0. The van der Waals surface area contributed by atoms with Gasteiger partial charge in [-0.15, -0.1) is 0 Å². The smallest absolute Gasteiger partial charge is 0.324 e. The zero-order valence-corrected chi connectivity index (χ0v) is 12.9. The van der Waals surface area contributed by atoms with Crippen molar-refractivity contribution in [1.82, 2.24) is 18.7 Å². The highest BCUT2D eigenvalue weighted by molar-refractivity contribution is 5.69. The van der Waals surface area contributed by atoms with Crippen molar-refractivity contribution in [1.29, 1.82) is 0 Å². The molecule has 0 aliphatic carbocycles. The van der Waals surface area contributed by atoms with E-state index < -0.39 is 0 Å². The van der Waals surface area contributed by atoms with Gasteiger partial charge in [-0.25, -0.2) is 9.78 Å². The van der Waals surface area contributed by atoms with Crippen LogP contribution >= 0.6 is 0 Å². The zero-order chi connectivity index (χ0) is 15.9. The van der Waals surface area contributed by atoms with Gasteiger partial charge in [-0.1, -0.05) is 29.8 Å². The number of fused-ring (bicyclic) bond motifs is 1. The SMILES string of the molecule is Cc1ccc(CCn2cnc3c2c(=O)n(C)c(=O)n3C)cc1. The monoisotopic (exact) mass is 298 g/mol. The summed E-state index contributed by atoms with van der Waals surface area (Å²) in [6.45, 7) is 2.70. The Balaban J connectivity index is 2.00. The molecule has 2 heterocycles. The Hall–Kier alpha value is -2.63. The molecule has 0 aliphatic rings. The maximum Gasteiger partial charge on any atom is 0.332 e. The van der Waals surface area contributed by atoms with Crippen LogP contribution in [0.4, 0.5) is 0 Å². The van der Waals surface area contributed by atoms with Crippen LogP contribution in [0, 0.1) is 6.92 Å². The van der Waals surface area contributed by atoms with Crippen LogP contribution in [0.15, 0.2) is 40.2 Å². The lowest BCUT2D eigenvalue weighted by atomic mass is 10.1. The number of hydrogen-bond acceptors (Lipinski definition) is 3. The first-order chi connectivity index (χ1) is 10.5. The number of aromatic nitrogens is 4. The van der Waals surface area contributed by atoms with E-state index in [2.05, 4.69) is 36.2 Å². The van der Waals surface area contributed by atoms with E-state index in [-0.39, 0.29) is 11.2 Å².